The molecule has 0 atom stereocenters. The van der Waals surface area contributed by atoms with Crippen molar-refractivity contribution in [2.75, 3.05) is 33.2 Å². The van der Waals surface area contributed by atoms with Crippen molar-refractivity contribution in [2.24, 2.45) is 10.9 Å². The predicted molar refractivity (Wildman–Crippen MR) is 80.9 cm³/mol. The average molecular weight is 294 g/mol. The zero-order valence-electron chi connectivity index (χ0n) is 12.4. The topological polar surface area (TPSA) is 65.1 Å². The van der Waals surface area contributed by atoms with Crippen molar-refractivity contribution in [3.05, 3.63) is 35.1 Å². The molecule has 5 nitrogen and oxygen atoms in total. The third-order valence-corrected chi connectivity index (χ3v) is 3.81. The highest BCUT2D eigenvalue weighted by molar-refractivity contribution is 5.97. The van der Waals surface area contributed by atoms with Crippen LogP contribution in [0.15, 0.2) is 23.4 Å². The summed E-state index contributed by atoms with van der Waals surface area (Å²) in [5, 5.41) is 11.6. The van der Waals surface area contributed by atoms with Gasteiger partial charge >= 0.3 is 0 Å². The minimum Gasteiger partial charge on any atom is -0.409 e. The second kappa shape index (κ2) is 7.38. The van der Waals surface area contributed by atoms with Gasteiger partial charge in [0.1, 0.15) is 5.82 Å². The van der Waals surface area contributed by atoms with Crippen LogP contribution in [0.25, 0.3) is 0 Å². The Balaban J connectivity index is 1.93. The second-order valence-corrected chi connectivity index (χ2v) is 5.62. The van der Waals surface area contributed by atoms with Crippen molar-refractivity contribution in [3.8, 4) is 0 Å². The van der Waals surface area contributed by atoms with E-state index in [9.17, 15) is 4.39 Å². The van der Waals surface area contributed by atoms with Crippen LogP contribution in [0.3, 0.4) is 0 Å². The number of likely N-dealkylation sites (N-methyl/N-ethyl adjacent to an activating group) is 1. The number of hydrogen-bond acceptors (Lipinski definition) is 4. The number of halogens is 1. The van der Waals surface area contributed by atoms with Gasteiger partial charge in [-0.15, -0.1) is 0 Å². The molecule has 0 bridgehead atoms. The zero-order chi connectivity index (χ0) is 15.2. The minimum atomic E-state index is -0.373. The third-order valence-electron chi connectivity index (χ3n) is 3.81. The molecule has 0 radical (unpaired) electrons. The molecule has 0 aromatic heterocycles. The molecule has 6 heteroatoms. The molecule has 3 N–H and O–H groups in total. The maximum Gasteiger partial charge on any atom is 0.170 e. The van der Waals surface area contributed by atoms with Crippen molar-refractivity contribution in [3.63, 3.8) is 0 Å². The second-order valence-electron chi connectivity index (χ2n) is 5.62. The van der Waals surface area contributed by atoms with Gasteiger partial charge in [-0.3, -0.25) is 0 Å². The van der Waals surface area contributed by atoms with Crippen LogP contribution < -0.4 is 5.73 Å². The van der Waals surface area contributed by atoms with Gasteiger partial charge in [0.15, 0.2) is 5.84 Å². The number of nitrogens with two attached hydrogens (primary N) is 1. The van der Waals surface area contributed by atoms with Crippen LogP contribution in [0.4, 0.5) is 4.39 Å². The highest BCUT2D eigenvalue weighted by Gasteiger charge is 2.12. The fourth-order valence-corrected chi connectivity index (χ4v) is 2.66. The summed E-state index contributed by atoms with van der Waals surface area (Å²) < 4.78 is 13.6. The number of rotatable bonds is 6. The van der Waals surface area contributed by atoms with Gasteiger partial charge < -0.3 is 20.7 Å². The number of hydrogen-bond donors (Lipinski definition) is 2. The molecule has 0 saturated carbocycles. The van der Waals surface area contributed by atoms with Crippen LogP contribution in [0, 0.1) is 5.82 Å². The number of likely N-dealkylation sites (tertiary alicyclic amines) is 1. The Morgan fingerprint density at radius 1 is 1.38 bits per heavy atom. The van der Waals surface area contributed by atoms with Gasteiger partial charge in [-0.2, -0.15) is 0 Å². The maximum absolute atomic E-state index is 13.6. The highest BCUT2D eigenvalue weighted by atomic mass is 19.1. The van der Waals surface area contributed by atoms with E-state index in [0.717, 1.165) is 18.7 Å². The number of amidine groups is 1. The van der Waals surface area contributed by atoms with Gasteiger partial charge in [-0.05, 0) is 56.7 Å². The smallest absolute Gasteiger partial charge is 0.170 e. The van der Waals surface area contributed by atoms with Crippen LogP contribution in [0.5, 0.6) is 0 Å². The monoisotopic (exact) mass is 294 g/mol. The summed E-state index contributed by atoms with van der Waals surface area (Å²) in [7, 11) is 2.02. The quantitative estimate of drug-likeness (QED) is 0.361. The Morgan fingerprint density at radius 3 is 2.76 bits per heavy atom. The Labute approximate surface area is 124 Å². The summed E-state index contributed by atoms with van der Waals surface area (Å²) in [5.74, 6) is -0.447. The summed E-state index contributed by atoms with van der Waals surface area (Å²) in [6.45, 7) is 4.98. The molecule has 0 unspecified atom stereocenters. The molecule has 1 heterocycles. The van der Waals surface area contributed by atoms with E-state index in [1.165, 1.54) is 38.1 Å². The van der Waals surface area contributed by atoms with Gasteiger partial charge in [0.25, 0.3) is 0 Å². The molecule has 1 saturated heterocycles. The molecule has 1 aromatic carbocycles. The van der Waals surface area contributed by atoms with Crippen LogP contribution in [0.1, 0.15) is 24.0 Å². The Morgan fingerprint density at radius 2 is 2.10 bits per heavy atom. The molecule has 1 aliphatic rings. The summed E-state index contributed by atoms with van der Waals surface area (Å²) in [6.07, 6.45) is 2.58. The third kappa shape index (κ3) is 4.68. The fraction of sp³-hybridized carbons (Fsp3) is 0.533. The standard InChI is InChI=1S/C15H23FN4O/c1-19(6-7-20-4-2-3-5-20)11-12-8-13(15(17)18-21)10-14(16)9-12/h8-10,21H,2-7,11H2,1H3,(H2,17,18). The Bertz CT molecular complexity index is 500. The first-order valence-electron chi connectivity index (χ1n) is 7.27. The maximum atomic E-state index is 13.6. The van der Waals surface area contributed by atoms with E-state index in [1.54, 1.807) is 6.07 Å². The van der Waals surface area contributed by atoms with E-state index in [0.29, 0.717) is 12.1 Å². The number of oxime groups is 1. The van der Waals surface area contributed by atoms with Gasteiger partial charge in [0, 0.05) is 25.2 Å². The summed E-state index contributed by atoms with van der Waals surface area (Å²) in [4.78, 5) is 4.60. The lowest BCUT2D eigenvalue weighted by molar-refractivity contribution is 0.252. The normalized spacial score (nSPS) is 16.8. The molecule has 1 aliphatic heterocycles. The first-order valence-corrected chi connectivity index (χ1v) is 7.27. The predicted octanol–water partition coefficient (Wildman–Crippen LogP) is 1.45. The van der Waals surface area contributed by atoms with E-state index in [4.69, 9.17) is 10.9 Å². The Hall–Kier alpha value is -1.66. The van der Waals surface area contributed by atoms with Crippen LogP contribution in [0.2, 0.25) is 0 Å². The van der Waals surface area contributed by atoms with Crippen LogP contribution >= 0.6 is 0 Å². The Kier molecular flexibility index (Phi) is 5.52. The molecule has 0 aliphatic carbocycles. The molecule has 0 spiro atoms. The van der Waals surface area contributed by atoms with E-state index < -0.39 is 0 Å². The number of benzene rings is 1. The summed E-state index contributed by atoms with van der Waals surface area (Å²) >= 11 is 0. The molecule has 21 heavy (non-hydrogen) atoms. The first-order chi connectivity index (χ1) is 10.1. The molecule has 116 valence electrons. The lowest BCUT2D eigenvalue weighted by Crippen LogP contribution is -2.31. The van der Waals surface area contributed by atoms with Crippen molar-refractivity contribution < 1.29 is 9.60 Å². The molecule has 1 aromatic rings. The molecular formula is C15H23FN4O. The van der Waals surface area contributed by atoms with Crippen LogP contribution in [-0.4, -0.2) is 54.1 Å². The van der Waals surface area contributed by atoms with Gasteiger partial charge in [0.05, 0.1) is 0 Å². The van der Waals surface area contributed by atoms with Crippen molar-refractivity contribution >= 4 is 5.84 Å². The van der Waals surface area contributed by atoms with E-state index >= 15 is 0 Å². The minimum absolute atomic E-state index is 0.0736. The summed E-state index contributed by atoms with van der Waals surface area (Å²) in [6, 6.07) is 4.51. The van der Waals surface area contributed by atoms with Gasteiger partial charge in [-0.25, -0.2) is 4.39 Å². The first kappa shape index (κ1) is 15.7. The van der Waals surface area contributed by atoms with Crippen molar-refractivity contribution in [1.29, 1.82) is 0 Å². The van der Waals surface area contributed by atoms with E-state index in [1.807, 2.05) is 7.05 Å². The van der Waals surface area contributed by atoms with Gasteiger partial charge in [-0.1, -0.05) is 5.16 Å². The van der Waals surface area contributed by atoms with E-state index in [-0.39, 0.29) is 11.7 Å². The SMILES string of the molecule is CN(CCN1CCCC1)Cc1cc(F)cc(/C(N)=N/O)c1. The van der Waals surface area contributed by atoms with Crippen molar-refractivity contribution in [1.82, 2.24) is 9.80 Å². The molecular weight excluding hydrogens is 271 g/mol. The average Bonchev–Trinajstić information content (AvgIpc) is 2.97. The number of nitrogens with zero attached hydrogens (tertiary/aromatic N) is 3. The molecule has 1 fully saturated rings. The highest BCUT2D eigenvalue weighted by Crippen LogP contribution is 2.12. The lowest BCUT2D eigenvalue weighted by Gasteiger charge is -2.21. The van der Waals surface area contributed by atoms with E-state index in [2.05, 4.69) is 15.0 Å². The van der Waals surface area contributed by atoms with Gasteiger partial charge in [0.2, 0.25) is 0 Å². The molecule has 0 amide bonds. The summed E-state index contributed by atoms with van der Waals surface area (Å²) in [5.41, 5.74) is 6.74. The molecule has 2 rings (SSSR count). The van der Waals surface area contributed by atoms with Crippen LogP contribution in [-0.2, 0) is 6.54 Å². The zero-order valence-corrected chi connectivity index (χ0v) is 12.4. The largest absolute Gasteiger partial charge is 0.409 e. The lowest BCUT2D eigenvalue weighted by atomic mass is 10.1. The fourth-order valence-electron chi connectivity index (χ4n) is 2.66. The van der Waals surface area contributed by atoms with Crippen molar-refractivity contribution in [2.45, 2.75) is 19.4 Å².